The minimum Gasteiger partial charge on any atom is -0.103 e. The number of rotatable bonds is 2. The molecule has 0 aliphatic carbocycles. The molecule has 0 saturated heterocycles. The van der Waals surface area contributed by atoms with E-state index in [-0.39, 0.29) is 0 Å². The molecule has 13 heavy (non-hydrogen) atoms. The van der Waals surface area contributed by atoms with Gasteiger partial charge in [0.05, 0.1) is 0 Å². The summed E-state index contributed by atoms with van der Waals surface area (Å²) in [5.41, 5.74) is 2.24. The lowest BCUT2D eigenvalue weighted by molar-refractivity contribution is 1.46. The molecule has 0 fully saturated rings. The zero-order chi connectivity index (χ0) is 11.3. The molecule has 0 atom stereocenters. The molecule has 0 aromatic heterocycles. The Kier molecular flexibility index (Phi) is 23.6. The lowest BCUT2D eigenvalue weighted by atomic mass is 10.2. The summed E-state index contributed by atoms with van der Waals surface area (Å²) in [6.45, 7) is 20.5. The second-order valence-corrected chi connectivity index (χ2v) is 2.35. The molecule has 0 aliphatic rings. The van der Waals surface area contributed by atoms with E-state index >= 15 is 0 Å². The van der Waals surface area contributed by atoms with E-state index in [0.29, 0.717) is 0 Å². The van der Waals surface area contributed by atoms with Gasteiger partial charge in [-0.25, -0.2) is 0 Å². The van der Waals surface area contributed by atoms with Crippen LogP contribution >= 0.6 is 0 Å². The van der Waals surface area contributed by atoms with E-state index in [4.69, 9.17) is 0 Å². The van der Waals surface area contributed by atoms with Gasteiger partial charge in [0.25, 0.3) is 0 Å². The predicted octanol–water partition coefficient (Wildman–Crippen LogP) is 4.91. The molecule has 0 rings (SSSR count). The first-order chi connectivity index (χ1) is 6.08. The molecule has 0 aliphatic heterocycles. The van der Waals surface area contributed by atoms with E-state index in [2.05, 4.69) is 19.7 Å². The summed E-state index contributed by atoms with van der Waals surface area (Å²) in [7, 11) is 0. The molecule has 0 heterocycles. The molecule has 76 valence electrons. The van der Waals surface area contributed by atoms with E-state index in [1.165, 1.54) is 0 Å². The van der Waals surface area contributed by atoms with Gasteiger partial charge in [-0.1, -0.05) is 56.4 Å². The fraction of sp³-hybridized carbons (Fsp3) is 0.385. The highest BCUT2D eigenvalue weighted by molar-refractivity contribution is 5.23. The molecule has 0 aromatic rings. The van der Waals surface area contributed by atoms with Crippen molar-refractivity contribution in [2.24, 2.45) is 0 Å². The van der Waals surface area contributed by atoms with Crippen molar-refractivity contribution in [3.63, 3.8) is 0 Å². The van der Waals surface area contributed by atoms with E-state index in [1.807, 2.05) is 46.8 Å². The Morgan fingerprint density at radius 2 is 1.38 bits per heavy atom. The second-order valence-electron chi connectivity index (χ2n) is 2.35. The van der Waals surface area contributed by atoms with E-state index in [0.717, 1.165) is 11.1 Å². The standard InChI is InChI=1S/C8H12.C3H6.C2H6/c1-5-8(4)6-7(2)3;1-3-2;1-2/h5-6H,1-2H2,3-4H3;3H,1H2,2H3;1-2H3/b8-6-;;. The Hall–Kier alpha value is -1.04. The van der Waals surface area contributed by atoms with Gasteiger partial charge in [-0.3, -0.25) is 0 Å². The van der Waals surface area contributed by atoms with Crippen molar-refractivity contribution in [3.05, 3.63) is 49.1 Å². The van der Waals surface area contributed by atoms with Crippen LogP contribution in [0.1, 0.15) is 34.6 Å². The molecule has 0 heteroatoms. The van der Waals surface area contributed by atoms with Crippen LogP contribution in [0, 0.1) is 0 Å². The fourth-order valence-corrected chi connectivity index (χ4v) is 0.448. The van der Waals surface area contributed by atoms with Gasteiger partial charge < -0.3 is 0 Å². The van der Waals surface area contributed by atoms with Gasteiger partial charge in [-0.05, 0) is 20.8 Å². The van der Waals surface area contributed by atoms with Crippen molar-refractivity contribution in [2.75, 3.05) is 0 Å². The summed E-state index contributed by atoms with van der Waals surface area (Å²) in [6, 6.07) is 0. The first-order valence-electron chi connectivity index (χ1n) is 4.61. The van der Waals surface area contributed by atoms with Crippen LogP contribution in [0.3, 0.4) is 0 Å². The monoisotopic (exact) mass is 180 g/mol. The minimum absolute atomic E-state index is 1.07. The quantitative estimate of drug-likeness (QED) is 0.418. The molecular weight excluding hydrogens is 156 g/mol. The van der Waals surface area contributed by atoms with Crippen LogP contribution in [0.15, 0.2) is 49.1 Å². The van der Waals surface area contributed by atoms with E-state index in [9.17, 15) is 0 Å². The Bertz CT molecular complexity index is 159. The molecular formula is C13H24. The van der Waals surface area contributed by atoms with E-state index < -0.39 is 0 Å². The van der Waals surface area contributed by atoms with Crippen molar-refractivity contribution in [1.82, 2.24) is 0 Å². The molecule has 0 bridgehead atoms. The number of hydrogen-bond donors (Lipinski definition) is 0. The maximum Gasteiger partial charge on any atom is -0.0398 e. The third-order valence-corrected chi connectivity index (χ3v) is 0.796. The van der Waals surface area contributed by atoms with Gasteiger partial charge in [0.15, 0.2) is 0 Å². The maximum absolute atomic E-state index is 3.72. The van der Waals surface area contributed by atoms with Crippen molar-refractivity contribution in [3.8, 4) is 0 Å². The number of allylic oxidation sites excluding steroid dienone is 5. The van der Waals surface area contributed by atoms with E-state index in [1.54, 1.807) is 6.08 Å². The van der Waals surface area contributed by atoms with Crippen molar-refractivity contribution < 1.29 is 0 Å². The van der Waals surface area contributed by atoms with Crippen LogP contribution in [-0.4, -0.2) is 0 Å². The predicted molar refractivity (Wildman–Crippen MR) is 66.0 cm³/mol. The Morgan fingerprint density at radius 1 is 1.08 bits per heavy atom. The first kappa shape index (κ1) is 17.9. The third kappa shape index (κ3) is 35.8. The average Bonchev–Trinajstić information content (AvgIpc) is 2.08. The highest BCUT2D eigenvalue weighted by atomic mass is 13.8. The minimum atomic E-state index is 1.07. The molecule has 0 aromatic carbocycles. The molecule has 0 N–H and O–H groups in total. The molecule has 0 saturated carbocycles. The lowest BCUT2D eigenvalue weighted by Gasteiger charge is -1.87. The summed E-state index contributed by atoms with van der Waals surface area (Å²) in [6.07, 6.45) is 5.56. The van der Waals surface area contributed by atoms with Crippen LogP contribution in [0.5, 0.6) is 0 Å². The normalized spacial score (nSPS) is 8.23. The summed E-state index contributed by atoms with van der Waals surface area (Å²) in [5, 5.41) is 0. The van der Waals surface area contributed by atoms with Crippen molar-refractivity contribution >= 4 is 0 Å². The van der Waals surface area contributed by atoms with Gasteiger partial charge in [0.1, 0.15) is 0 Å². The zero-order valence-electron chi connectivity index (χ0n) is 9.85. The summed E-state index contributed by atoms with van der Waals surface area (Å²) < 4.78 is 0. The highest BCUT2D eigenvalue weighted by Gasteiger charge is 1.76. The van der Waals surface area contributed by atoms with Gasteiger partial charge in [0.2, 0.25) is 0 Å². The largest absolute Gasteiger partial charge is 0.103 e. The summed E-state index contributed by atoms with van der Waals surface area (Å²) >= 11 is 0. The highest BCUT2D eigenvalue weighted by Crippen LogP contribution is 1.97. The van der Waals surface area contributed by atoms with Crippen LogP contribution in [0.4, 0.5) is 0 Å². The van der Waals surface area contributed by atoms with Crippen LogP contribution in [0.2, 0.25) is 0 Å². The molecule has 0 nitrogen and oxygen atoms in total. The summed E-state index contributed by atoms with van der Waals surface area (Å²) in [4.78, 5) is 0. The van der Waals surface area contributed by atoms with Crippen LogP contribution in [0.25, 0.3) is 0 Å². The Morgan fingerprint density at radius 3 is 1.46 bits per heavy atom. The van der Waals surface area contributed by atoms with Crippen molar-refractivity contribution in [2.45, 2.75) is 34.6 Å². The Balaban J connectivity index is -0.000000169. The smallest absolute Gasteiger partial charge is 0.0398 e. The van der Waals surface area contributed by atoms with Crippen LogP contribution < -0.4 is 0 Å². The fourth-order valence-electron chi connectivity index (χ4n) is 0.448. The van der Waals surface area contributed by atoms with Gasteiger partial charge in [-0.2, -0.15) is 0 Å². The Labute approximate surface area is 84.4 Å². The van der Waals surface area contributed by atoms with Gasteiger partial charge >= 0.3 is 0 Å². The molecule has 0 radical (unpaired) electrons. The third-order valence-electron chi connectivity index (χ3n) is 0.796. The maximum atomic E-state index is 3.72. The molecule has 0 spiro atoms. The first-order valence-corrected chi connectivity index (χ1v) is 4.61. The van der Waals surface area contributed by atoms with Crippen molar-refractivity contribution in [1.29, 1.82) is 0 Å². The molecule has 0 amide bonds. The topological polar surface area (TPSA) is 0 Å². The second kappa shape index (κ2) is 17.2. The zero-order valence-corrected chi connectivity index (χ0v) is 9.85. The molecule has 0 unspecified atom stereocenters. The van der Waals surface area contributed by atoms with Gasteiger partial charge in [-0.15, -0.1) is 6.58 Å². The summed E-state index contributed by atoms with van der Waals surface area (Å²) in [5.74, 6) is 0. The van der Waals surface area contributed by atoms with Crippen LogP contribution in [-0.2, 0) is 0 Å². The number of hydrogen-bond acceptors (Lipinski definition) is 0. The van der Waals surface area contributed by atoms with Gasteiger partial charge in [0, 0.05) is 0 Å². The SMILES string of the molecule is C=C/C(C)=C\C(=C)C.C=CC.CC. The average molecular weight is 180 g/mol. The lowest BCUT2D eigenvalue weighted by Crippen LogP contribution is -1.66.